The van der Waals surface area contributed by atoms with Gasteiger partial charge in [0.2, 0.25) is 0 Å². The minimum absolute atomic E-state index is 0.0426. The van der Waals surface area contributed by atoms with Gasteiger partial charge in [-0.3, -0.25) is 4.79 Å². The largest absolute Gasteiger partial charge is 0.481 e. The summed E-state index contributed by atoms with van der Waals surface area (Å²) in [4.78, 5) is 12.7. The lowest BCUT2D eigenvalue weighted by molar-refractivity contribution is -0.136. The minimum atomic E-state index is -0.826. The van der Waals surface area contributed by atoms with Crippen LogP contribution in [-0.4, -0.2) is 11.1 Å². The number of nitriles is 1. The monoisotopic (exact) mass is 283 g/mol. The predicted octanol–water partition coefficient (Wildman–Crippen LogP) is 3.65. The third kappa shape index (κ3) is 3.62. The van der Waals surface area contributed by atoms with Gasteiger partial charge in [0, 0.05) is 9.79 Å². The zero-order chi connectivity index (χ0) is 14.5. The highest BCUT2D eigenvalue weighted by atomic mass is 32.2. The molecule has 0 aliphatic rings. The van der Waals surface area contributed by atoms with Crippen LogP contribution in [0.4, 0.5) is 0 Å². The quantitative estimate of drug-likeness (QED) is 0.930. The smallest absolute Gasteiger partial charge is 0.307 e. The molecule has 0 aliphatic carbocycles. The van der Waals surface area contributed by atoms with Crippen molar-refractivity contribution < 1.29 is 9.90 Å². The van der Waals surface area contributed by atoms with Gasteiger partial charge in [-0.1, -0.05) is 23.9 Å². The van der Waals surface area contributed by atoms with Crippen LogP contribution in [0, 0.1) is 18.3 Å². The summed E-state index contributed by atoms with van der Waals surface area (Å²) in [6.07, 6.45) is 0.0426. The number of aryl methyl sites for hydroxylation is 1. The Balaban J connectivity index is 2.12. The van der Waals surface area contributed by atoms with Gasteiger partial charge in [-0.05, 0) is 48.4 Å². The number of aliphatic carboxylic acids is 1. The van der Waals surface area contributed by atoms with Gasteiger partial charge in [-0.15, -0.1) is 0 Å². The van der Waals surface area contributed by atoms with Crippen LogP contribution in [0.15, 0.2) is 52.3 Å². The number of hydrogen-bond donors (Lipinski definition) is 1. The van der Waals surface area contributed by atoms with Gasteiger partial charge >= 0.3 is 5.97 Å². The summed E-state index contributed by atoms with van der Waals surface area (Å²) in [6, 6.07) is 15.3. The van der Waals surface area contributed by atoms with E-state index < -0.39 is 5.97 Å². The summed E-state index contributed by atoms with van der Waals surface area (Å²) >= 11 is 1.59. The number of benzene rings is 2. The second kappa shape index (κ2) is 6.27. The maximum atomic E-state index is 10.6. The first-order valence-corrected chi connectivity index (χ1v) is 6.89. The van der Waals surface area contributed by atoms with Gasteiger partial charge in [-0.25, -0.2) is 0 Å². The third-order valence-electron chi connectivity index (χ3n) is 2.83. The normalized spacial score (nSPS) is 10.0. The van der Waals surface area contributed by atoms with Crippen molar-refractivity contribution in [1.82, 2.24) is 0 Å². The van der Waals surface area contributed by atoms with Crippen LogP contribution in [-0.2, 0) is 11.2 Å². The highest BCUT2D eigenvalue weighted by Gasteiger charge is 2.03. The second-order valence-electron chi connectivity index (χ2n) is 4.41. The lowest BCUT2D eigenvalue weighted by Crippen LogP contribution is -1.99. The van der Waals surface area contributed by atoms with E-state index in [1.807, 2.05) is 49.4 Å². The zero-order valence-corrected chi connectivity index (χ0v) is 11.8. The molecule has 0 radical (unpaired) electrons. The summed E-state index contributed by atoms with van der Waals surface area (Å²) < 4.78 is 0. The molecule has 1 N–H and O–H groups in total. The lowest BCUT2D eigenvalue weighted by Gasteiger charge is -2.05. The van der Waals surface area contributed by atoms with E-state index in [-0.39, 0.29) is 6.42 Å². The SMILES string of the molecule is Cc1cc(Sc2ccc(CC(=O)O)cc2)ccc1C#N. The number of nitrogens with zero attached hydrogens (tertiary/aromatic N) is 1. The fourth-order valence-electron chi connectivity index (χ4n) is 1.81. The molecule has 0 bridgehead atoms. The fraction of sp³-hybridized carbons (Fsp3) is 0.125. The Morgan fingerprint density at radius 3 is 2.40 bits per heavy atom. The number of hydrogen-bond acceptors (Lipinski definition) is 3. The van der Waals surface area contributed by atoms with Crippen LogP contribution in [0.3, 0.4) is 0 Å². The minimum Gasteiger partial charge on any atom is -0.481 e. The number of carboxylic acids is 1. The Morgan fingerprint density at radius 1 is 1.20 bits per heavy atom. The third-order valence-corrected chi connectivity index (χ3v) is 3.83. The van der Waals surface area contributed by atoms with Crippen LogP contribution in [0.25, 0.3) is 0 Å². The maximum Gasteiger partial charge on any atom is 0.307 e. The number of rotatable bonds is 4. The molecule has 100 valence electrons. The average Bonchev–Trinajstić information content (AvgIpc) is 2.41. The van der Waals surface area contributed by atoms with E-state index in [0.29, 0.717) is 5.56 Å². The van der Waals surface area contributed by atoms with E-state index in [0.717, 1.165) is 20.9 Å². The Bertz CT molecular complexity index is 672. The molecule has 0 atom stereocenters. The molecule has 2 aromatic rings. The van der Waals surface area contributed by atoms with E-state index in [1.54, 1.807) is 11.8 Å². The molecule has 0 saturated heterocycles. The maximum absolute atomic E-state index is 10.6. The van der Waals surface area contributed by atoms with Crippen molar-refractivity contribution in [2.75, 3.05) is 0 Å². The van der Waals surface area contributed by atoms with Crippen molar-refractivity contribution >= 4 is 17.7 Å². The Hall–Kier alpha value is -2.25. The first-order chi connectivity index (χ1) is 9.58. The average molecular weight is 283 g/mol. The van der Waals surface area contributed by atoms with Crippen LogP contribution >= 0.6 is 11.8 Å². The summed E-state index contributed by atoms with van der Waals surface area (Å²) in [6.45, 7) is 1.92. The van der Waals surface area contributed by atoms with Gasteiger partial charge in [0.15, 0.2) is 0 Å². The Morgan fingerprint density at radius 2 is 1.85 bits per heavy atom. The highest BCUT2D eigenvalue weighted by molar-refractivity contribution is 7.99. The molecule has 0 saturated carbocycles. The van der Waals surface area contributed by atoms with Crippen molar-refractivity contribution in [3.8, 4) is 6.07 Å². The van der Waals surface area contributed by atoms with Gasteiger partial charge < -0.3 is 5.11 Å². The molecule has 0 fully saturated rings. The van der Waals surface area contributed by atoms with Crippen molar-refractivity contribution in [2.45, 2.75) is 23.1 Å². The van der Waals surface area contributed by atoms with E-state index in [9.17, 15) is 4.79 Å². The topological polar surface area (TPSA) is 61.1 Å². The summed E-state index contributed by atoms with van der Waals surface area (Å²) in [5, 5.41) is 17.6. The van der Waals surface area contributed by atoms with E-state index >= 15 is 0 Å². The molecule has 0 aromatic heterocycles. The van der Waals surface area contributed by atoms with E-state index in [1.165, 1.54) is 0 Å². The van der Waals surface area contributed by atoms with Crippen molar-refractivity contribution in [1.29, 1.82) is 5.26 Å². The molecule has 20 heavy (non-hydrogen) atoms. The molecular weight excluding hydrogens is 270 g/mol. The summed E-state index contributed by atoms with van der Waals surface area (Å²) in [5.74, 6) is -0.826. The van der Waals surface area contributed by atoms with Crippen LogP contribution in [0.2, 0.25) is 0 Å². The summed E-state index contributed by atoms with van der Waals surface area (Å²) in [7, 11) is 0. The molecule has 0 unspecified atom stereocenters. The number of carboxylic acid groups (broad SMARTS) is 1. The molecule has 0 spiro atoms. The molecule has 2 rings (SSSR count). The van der Waals surface area contributed by atoms with Crippen molar-refractivity contribution in [3.05, 3.63) is 59.2 Å². The Labute approximate surface area is 121 Å². The lowest BCUT2D eigenvalue weighted by atomic mass is 10.1. The second-order valence-corrected chi connectivity index (χ2v) is 5.55. The van der Waals surface area contributed by atoms with Gasteiger partial charge in [-0.2, -0.15) is 5.26 Å². The van der Waals surface area contributed by atoms with Crippen LogP contribution in [0.1, 0.15) is 16.7 Å². The predicted molar refractivity (Wildman–Crippen MR) is 77.8 cm³/mol. The van der Waals surface area contributed by atoms with Crippen molar-refractivity contribution in [2.24, 2.45) is 0 Å². The molecule has 4 heteroatoms. The molecular formula is C16H13NO2S. The van der Waals surface area contributed by atoms with Gasteiger partial charge in [0.05, 0.1) is 18.1 Å². The van der Waals surface area contributed by atoms with Gasteiger partial charge in [0.1, 0.15) is 0 Å². The zero-order valence-electron chi connectivity index (χ0n) is 11.0. The van der Waals surface area contributed by atoms with Gasteiger partial charge in [0.25, 0.3) is 0 Å². The first-order valence-electron chi connectivity index (χ1n) is 6.08. The first kappa shape index (κ1) is 14.2. The molecule has 2 aromatic carbocycles. The molecule has 3 nitrogen and oxygen atoms in total. The highest BCUT2D eigenvalue weighted by Crippen LogP contribution is 2.29. The van der Waals surface area contributed by atoms with E-state index in [2.05, 4.69) is 6.07 Å². The van der Waals surface area contributed by atoms with E-state index in [4.69, 9.17) is 10.4 Å². The molecule has 0 heterocycles. The molecule has 0 aliphatic heterocycles. The molecule has 0 amide bonds. The fourth-order valence-corrected chi connectivity index (χ4v) is 2.73. The van der Waals surface area contributed by atoms with Crippen LogP contribution in [0.5, 0.6) is 0 Å². The number of carbonyl (C=O) groups is 1. The standard InChI is InChI=1S/C16H13NO2S/c1-11-8-15(7-4-13(11)10-17)20-14-5-2-12(3-6-14)9-16(18)19/h2-8H,9H2,1H3,(H,18,19). The van der Waals surface area contributed by atoms with Crippen molar-refractivity contribution in [3.63, 3.8) is 0 Å². The van der Waals surface area contributed by atoms with Crippen LogP contribution < -0.4 is 0 Å². The Kier molecular flexibility index (Phi) is 4.44. The summed E-state index contributed by atoms with van der Waals surface area (Å²) in [5.41, 5.74) is 2.43.